The zero-order valence-corrected chi connectivity index (χ0v) is 57.6. The van der Waals surface area contributed by atoms with Gasteiger partial charge in [0.05, 0.1) is 64.2 Å². The van der Waals surface area contributed by atoms with E-state index in [1.165, 1.54) is 42.0 Å². The highest BCUT2D eigenvalue weighted by molar-refractivity contribution is 6.03. The summed E-state index contributed by atoms with van der Waals surface area (Å²) in [7, 11) is 7.94. The predicted molar refractivity (Wildman–Crippen MR) is 392 cm³/mol. The predicted octanol–water partition coefficient (Wildman–Crippen LogP) is 8.99. The van der Waals surface area contributed by atoms with Gasteiger partial charge in [-0.25, -0.2) is 59.8 Å². The summed E-state index contributed by atoms with van der Waals surface area (Å²) in [6, 6.07) is 40.0. The number of fused-ring (bicyclic) bond motifs is 3. The van der Waals surface area contributed by atoms with Gasteiger partial charge in [0.1, 0.15) is 42.2 Å². The molecule has 0 spiro atoms. The molecule has 0 aliphatic carbocycles. The van der Waals surface area contributed by atoms with Crippen LogP contribution in [-0.4, -0.2) is 179 Å². The number of ether oxygens (including phenoxy) is 5. The zero-order chi connectivity index (χ0) is 70.5. The molecule has 26 nitrogen and oxygen atoms in total. The SMILES string of the molecule is COc1cc2ncnc(N3CCN(c4ncc(Cc5ccc(C)cc5)cn4)CC3)c2cc1OC.COc1cc2ncnc(N3CCN(c4ncc(Cc5ccccc5)cn4)C(=O)C3)c2cc1OC.COc1cc2ncnc(N3CCN(c4ncc(Cc5ccccc5)cn4)CC3)c2cc1C(N)=O. The van der Waals surface area contributed by atoms with Crippen molar-refractivity contribution in [2.75, 3.05) is 137 Å². The van der Waals surface area contributed by atoms with Crippen LogP contribution in [0.3, 0.4) is 0 Å². The molecule has 2 N–H and O–H groups in total. The van der Waals surface area contributed by atoms with Gasteiger partial charge in [-0.1, -0.05) is 90.5 Å². The van der Waals surface area contributed by atoms with Crippen molar-refractivity contribution in [3.63, 3.8) is 0 Å². The van der Waals surface area contributed by atoms with Crippen molar-refractivity contribution >= 4 is 79.8 Å². The van der Waals surface area contributed by atoms with E-state index in [9.17, 15) is 9.59 Å². The number of amides is 2. The lowest BCUT2D eigenvalue weighted by Gasteiger charge is -2.35. The van der Waals surface area contributed by atoms with E-state index in [1.807, 2.05) is 90.4 Å². The van der Waals surface area contributed by atoms with Gasteiger partial charge in [0.15, 0.2) is 23.0 Å². The van der Waals surface area contributed by atoms with Gasteiger partial charge < -0.3 is 53.9 Å². The number of hydrogen-bond acceptors (Lipinski definition) is 24. The van der Waals surface area contributed by atoms with Crippen LogP contribution in [0.5, 0.6) is 28.7 Å². The van der Waals surface area contributed by atoms with Crippen LogP contribution < -0.4 is 58.8 Å². The Labute approximate surface area is 589 Å². The van der Waals surface area contributed by atoms with Crippen molar-refractivity contribution in [1.82, 2.24) is 59.8 Å². The van der Waals surface area contributed by atoms with Crippen molar-refractivity contribution < 1.29 is 33.3 Å². The average Bonchev–Trinajstić information content (AvgIpc) is 0.789. The summed E-state index contributed by atoms with van der Waals surface area (Å²) < 4.78 is 27.0. The van der Waals surface area contributed by atoms with E-state index in [2.05, 4.69) is 135 Å². The second-order valence-electron chi connectivity index (χ2n) is 24.6. The number of aryl methyl sites for hydroxylation is 1. The van der Waals surface area contributed by atoms with E-state index >= 15 is 0 Å². The first-order valence-electron chi connectivity index (χ1n) is 33.4. The Balaban J connectivity index is 0.000000137. The molecule has 0 atom stereocenters. The van der Waals surface area contributed by atoms with Gasteiger partial charge in [-0.05, 0) is 58.5 Å². The fraction of sp³-hybridized carbons (Fsp3) is 0.263. The molecule has 518 valence electrons. The first kappa shape index (κ1) is 68.1. The Bertz CT molecular complexity index is 4860. The fourth-order valence-electron chi connectivity index (χ4n) is 12.6. The Morgan fingerprint density at radius 1 is 0.373 bits per heavy atom. The molecular formula is C76H77N19O7. The van der Waals surface area contributed by atoms with Crippen molar-refractivity contribution in [2.24, 2.45) is 5.73 Å². The van der Waals surface area contributed by atoms with Gasteiger partial charge in [-0.2, -0.15) is 0 Å². The number of piperazine rings is 3. The van der Waals surface area contributed by atoms with Crippen LogP contribution in [0.2, 0.25) is 0 Å². The van der Waals surface area contributed by atoms with E-state index in [0.29, 0.717) is 64.7 Å². The van der Waals surface area contributed by atoms with Crippen LogP contribution in [0.25, 0.3) is 32.7 Å². The highest BCUT2D eigenvalue weighted by Crippen LogP contribution is 2.38. The molecule has 0 saturated carbocycles. The Morgan fingerprint density at radius 3 is 1.11 bits per heavy atom. The lowest BCUT2D eigenvalue weighted by molar-refractivity contribution is -0.118. The molecule has 26 heteroatoms. The molecule has 3 fully saturated rings. The summed E-state index contributed by atoms with van der Waals surface area (Å²) in [6.45, 7) is 9.54. The standard InChI is InChI=1S/C26H28N6O2.C25H25N7O2.C25H24N6O3/c1-18-4-6-19(7-5-18)12-20-15-27-26(28-16-20)32-10-8-31(9-11-32)25-21-13-23(33-2)24(34-3)14-22(21)29-17-30-25;1-34-22-13-21-19(12-20(22)23(26)33)24(30-16-29-21)31-7-9-32(10-8-31)25-27-14-18(15-28-25)11-17-5-3-2-4-6-17;1-33-21-11-19-20(12-22(21)34-2)28-16-29-24(19)30-8-9-31(23(32)15-30)25-26-13-18(14-27-25)10-17-6-4-3-5-7-17/h4-7,13-17H,8-12H2,1-3H3;2-6,12-16H,7-11H2,1H3,(H2,26,33);3-7,11-14,16H,8-10,15H2,1-2H3. The third-order valence-corrected chi connectivity index (χ3v) is 18.0. The second kappa shape index (κ2) is 31.6. The molecule has 0 radical (unpaired) electrons. The number of carbonyl (C=O) groups is 2. The van der Waals surface area contributed by atoms with Crippen LogP contribution in [0, 0.1) is 6.92 Å². The molecule has 12 aromatic rings. The van der Waals surface area contributed by atoms with E-state index < -0.39 is 5.91 Å². The van der Waals surface area contributed by atoms with Crippen molar-refractivity contribution in [3.05, 3.63) is 222 Å². The third-order valence-electron chi connectivity index (χ3n) is 18.0. The topological polar surface area (TPSA) is 280 Å². The molecule has 15 rings (SSSR count). The summed E-state index contributed by atoms with van der Waals surface area (Å²) in [6.07, 6.45) is 18.3. The molecular weight excluding hydrogens is 1290 g/mol. The minimum atomic E-state index is -0.550. The number of hydrogen-bond donors (Lipinski definition) is 1. The maximum atomic E-state index is 13.0. The summed E-state index contributed by atoms with van der Waals surface area (Å²) in [5, 5.41) is 2.51. The molecule has 3 saturated heterocycles. The third kappa shape index (κ3) is 15.7. The van der Waals surface area contributed by atoms with Gasteiger partial charge in [0.2, 0.25) is 23.8 Å². The van der Waals surface area contributed by atoms with Crippen LogP contribution in [-0.2, 0) is 24.1 Å². The first-order valence-corrected chi connectivity index (χ1v) is 33.4. The molecule has 3 aliphatic heterocycles. The summed E-state index contributed by atoms with van der Waals surface area (Å²) in [5.74, 6) is 6.54. The highest BCUT2D eigenvalue weighted by Gasteiger charge is 2.30. The number of carbonyl (C=O) groups excluding carboxylic acids is 2. The molecule has 9 heterocycles. The number of benzene rings is 6. The van der Waals surface area contributed by atoms with E-state index in [4.69, 9.17) is 29.4 Å². The first-order chi connectivity index (χ1) is 49.9. The Kier molecular flexibility index (Phi) is 21.1. The van der Waals surface area contributed by atoms with Gasteiger partial charge in [0.25, 0.3) is 5.91 Å². The number of rotatable bonds is 18. The van der Waals surface area contributed by atoms with Gasteiger partial charge in [-0.15, -0.1) is 0 Å². The summed E-state index contributed by atoms with van der Waals surface area (Å²) in [5.41, 5.74) is 16.3. The number of anilines is 6. The zero-order valence-electron chi connectivity index (χ0n) is 57.6. The number of nitrogens with zero attached hydrogens (tertiary/aromatic N) is 18. The Hall–Kier alpha value is -12.5. The second-order valence-corrected chi connectivity index (χ2v) is 24.6. The molecule has 3 aliphatic rings. The maximum absolute atomic E-state index is 13.0. The minimum absolute atomic E-state index is 0.0886. The van der Waals surface area contributed by atoms with Gasteiger partial charge in [0, 0.05) is 156 Å². The van der Waals surface area contributed by atoms with Crippen molar-refractivity contribution in [1.29, 1.82) is 0 Å². The normalized spacial score (nSPS) is 13.8. The summed E-state index contributed by atoms with van der Waals surface area (Å²) >= 11 is 0. The largest absolute Gasteiger partial charge is 0.496 e. The lowest BCUT2D eigenvalue weighted by atomic mass is 10.1. The van der Waals surface area contributed by atoms with E-state index in [1.54, 1.807) is 64.2 Å². The lowest BCUT2D eigenvalue weighted by Crippen LogP contribution is -2.51. The molecule has 6 aromatic heterocycles. The van der Waals surface area contributed by atoms with Crippen molar-refractivity contribution in [2.45, 2.75) is 26.2 Å². The molecule has 0 bridgehead atoms. The summed E-state index contributed by atoms with van der Waals surface area (Å²) in [4.78, 5) is 91.4. The van der Waals surface area contributed by atoms with Crippen LogP contribution in [0.1, 0.15) is 49.3 Å². The smallest absolute Gasteiger partial charge is 0.252 e. The molecule has 6 aromatic carbocycles. The maximum Gasteiger partial charge on any atom is 0.252 e. The fourth-order valence-corrected chi connectivity index (χ4v) is 12.6. The minimum Gasteiger partial charge on any atom is -0.496 e. The number of primary amides is 1. The molecule has 2 amide bonds. The molecule has 0 unspecified atom stereocenters. The van der Waals surface area contributed by atoms with Gasteiger partial charge in [-0.3, -0.25) is 14.5 Å². The number of aromatic nitrogens is 12. The van der Waals surface area contributed by atoms with Crippen LogP contribution >= 0.6 is 0 Å². The monoisotopic (exact) mass is 1370 g/mol. The number of methoxy groups -OCH3 is 5. The van der Waals surface area contributed by atoms with E-state index in [-0.39, 0.29) is 12.5 Å². The molecule has 102 heavy (non-hydrogen) atoms. The highest BCUT2D eigenvalue weighted by atomic mass is 16.5. The van der Waals surface area contributed by atoms with Crippen LogP contribution in [0.4, 0.5) is 35.3 Å². The van der Waals surface area contributed by atoms with E-state index in [0.717, 1.165) is 139 Å². The Morgan fingerprint density at radius 2 is 0.716 bits per heavy atom. The number of nitrogens with two attached hydrogens (primary N) is 1. The quantitative estimate of drug-likeness (QED) is 0.0838. The van der Waals surface area contributed by atoms with Gasteiger partial charge >= 0.3 is 0 Å². The average molecular weight is 1370 g/mol. The van der Waals surface area contributed by atoms with Crippen LogP contribution in [0.15, 0.2) is 177 Å². The van der Waals surface area contributed by atoms with Crippen molar-refractivity contribution in [3.8, 4) is 28.7 Å².